The van der Waals surface area contributed by atoms with Crippen molar-refractivity contribution < 1.29 is 9.18 Å². The van der Waals surface area contributed by atoms with Crippen LogP contribution < -0.4 is 5.32 Å². The Labute approximate surface area is 137 Å². The first-order valence-corrected chi connectivity index (χ1v) is 7.90. The molecule has 2 saturated heterocycles. The van der Waals surface area contributed by atoms with Gasteiger partial charge in [-0.05, 0) is 61.9 Å². The molecule has 0 atom stereocenters. The maximum Gasteiger partial charge on any atom is 0.226 e. The number of piperidine rings is 2. The summed E-state index contributed by atoms with van der Waals surface area (Å²) in [6.07, 6.45) is 5.01. The molecule has 3 nitrogen and oxygen atoms in total. The Bertz CT molecular complexity index is 507. The number of rotatable bonds is 2. The van der Waals surface area contributed by atoms with E-state index in [9.17, 15) is 9.18 Å². The minimum atomic E-state index is -0.271. The van der Waals surface area contributed by atoms with Crippen LogP contribution in [0.4, 0.5) is 4.39 Å². The first-order chi connectivity index (χ1) is 10.2. The Hall–Kier alpha value is -1.13. The summed E-state index contributed by atoms with van der Waals surface area (Å²) in [7, 11) is 0. The summed E-state index contributed by atoms with van der Waals surface area (Å²) in [4.78, 5) is 14.3. The molecule has 3 rings (SSSR count). The van der Waals surface area contributed by atoms with E-state index in [0.717, 1.165) is 44.6 Å². The Kier molecular flexibility index (Phi) is 5.81. The lowest BCUT2D eigenvalue weighted by Gasteiger charge is -2.44. The van der Waals surface area contributed by atoms with Gasteiger partial charge in [0, 0.05) is 13.1 Å². The van der Waals surface area contributed by atoms with E-state index < -0.39 is 0 Å². The van der Waals surface area contributed by atoms with Gasteiger partial charge in [-0.15, -0.1) is 12.4 Å². The Morgan fingerprint density at radius 1 is 1.18 bits per heavy atom. The van der Waals surface area contributed by atoms with Crippen molar-refractivity contribution in [1.29, 1.82) is 0 Å². The third-order valence-corrected chi connectivity index (χ3v) is 5.09. The molecular formula is C17H24ClFN2O. The summed E-state index contributed by atoms with van der Waals surface area (Å²) >= 11 is 0. The highest BCUT2D eigenvalue weighted by Crippen LogP contribution is 2.39. The topological polar surface area (TPSA) is 32.3 Å². The van der Waals surface area contributed by atoms with Crippen LogP contribution in [0.3, 0.4) is 0 Å². The molecule has 2 aliphatic rings. The van der Waals surface area contributed by atoms with Gasteiger partial charge in [0.05, 0.1) is 6.42 Å². The lowest BCUT2D eigenvalue weighted by Crippen LogP contribution is -2.47. The van der Waals surface area contributed by atoms with Gasteiger partial charge < -0.3 is 10.2 Å². The molecule has 1 amide bonds. The van der Waals surface area contributed by atoms with Gasteiger partial charge in [-0.2, -0.15) is 0 Å². The van der Waals surface area contributed by atoms with Crippen molar-refractivity contribution >= 4 is 18.3 Å². The van der Waals surface area contributed by atoms with Crippen LogP contribution in [0.5, 0.6) is 0 Å². The fraction of sp³-hybridized carbons (Fsp3) is 0.588. The molecule has 22 heavy (non-hydrogen) atoms. The molecule has 2 aliphatic heterocycles. The summed E-state index contributed by atoms with van der Waals surface area (Å²) in [6.45, 7) is 3.93. The molecule has 0 aromatic heterocycles. The standard InChI is InChI=1S/C17H23FN2O.ClH/c18-15-3-1-2-14(12-15)13-16(21)20-10-6-17(7-11-20)4-8-19-9-5-17;/h1-3,12,19H,4-11,13H2;1H. The molecule has 0 unspecified atom stereocenters. The molecule has 0 bridgehead atoms. The average molecular weight is 327 g/mol. The highest BCUT2D eigenvalue weighted by atomic mass is 35.5. The second kappa shape index (κ2) is 7.42. The quantitative estimate of drug-likeness (QED) is 0.906. The lowest BCUT2D eigenvalue weighted by atomic mass is 9.71. The van der Waals surface area contributed by atoms with Crippen LogP contribution >= 0.6 is 12.4 Å². The van der Waals surface area contributed by atoms with Crippen LogP contribution in [0.2, 0.25) is 0 Å². The first-order valence-electron chi connectivity index (χ1n) is 7.90. The normalized spacial score (nSPS) is 20.5. The van der Waals surface area contributed by atoms with E-state index in [1.165, 1.54) is 25.0 Å². The van der Waals surface area contributed by atoms with Gasteiger partial charge >= 0.3 is 0 Å². The van der Waals surface area contributed by atoms with Gasteiger partial charge in [0.1, 0.15) is 5.82 Å². The van der Waals surface area contributed by atoms with Crippen LogP contribution in [-0.4, -0.2) is 37.0 Å². The van der Waals surface area contributed by atoms with Crippen molar-refractivity contribution in [1.82, 2.24) is 10.2 Å². The third kappa shape index (κ3) is 3.99. The molecule has 0 saturated carbocycles. The predicted octanol–water partition coefficient (Wildman–Crippen LogP) is 2.78. The van der Waals surface area contributed by atoms with Crippen LogP contribution in [0.25, 0.3) is 0 Å². The molecule has 1 aromatic rings. The zero-order chi connectivity index (χ0) is 14.7. The van der Waals surface area contributed by atoms with Gasteiger partial charge in [0.2, 0.25) is 5.91 Å². The van der Waals surface area contributed by atoms with Crippen LogP contribution in [0.15, 0.2) is 24.3 Å². The molecule has 2 heterocycles. The number of benzene rings is 1. The summed E-state index contributed by atoms with van der Waals surface area (Å²) in [5, 5.41) is 3.41. The molecule has 122 valence electrons. The van der Waals surface area contributed by atoms with Crippen molar-refractivity contribution in [3.8, 4) is 0 Å². The van der Waals surface area contributed by atoms with E-state index in [1.807, 2.05) is 11.0 Å². The second-order valence-electron chi connectivity index (χ2n) is 6.44. The molecule has 1 aromatic carbocycles. The highest BCUT2D eigenvalue weighted by molar-refractivity contribution is 5.85. The van der Waals surface area contributed by atoms with Crippen molar-refractivity contribution in [2.45, 2.75) is 32.1 Å². The minimum Gasteiger partial charge on any atom is -0.342 e. The number of amides is 1. The summed E-state index contributed by atoms with van der Waals surface area (Å²) in [6, 6.07) is 6.35. The van der Waals surface area contributed by atoms with Crippen molar-refractivity contribution in [2.24, 2.45) is 5.41 Å². The maximum atomic E-state index is 13.2. The smallest absolute Gasteiger partial charge is 0.226 e. The fourth-order valence-corrected chi connectivity index (χ4v) is 3.62. The fourth-order valence-electron chi connectivity index (χ4n) is 3.62. The molecule has 5 heteroatoms. The number of hydrogen-bond donors (Lipinski definition) is 1. The lowest BCUT2D eigenvalue weighted by molar-refractivity contribution is -0.133. The average Bonchev–Trinajstić information content (AvgIpc) is 2.49. The molecule has 0 aliphatic carbocycles. The van der Waals surface area contributed by atoms with E-state index in [0.29, 0.717) is 11.8 Å². The molecule has 1 N–H and O–H groups in total. The number of nitrogens with one attached hydrogen (secondary N) is 1. The van der Waals surface area contributed by atoms with Gasteiger partial charge in [0.25, 0.3) is 0 Å². The van der Waals surface area contributed by atoms with Gasteiger partial charge in [-0.1, -0.05) is 12.1 Å². The zero-order valence-corrected chi connectivity index (χ0v) is 13.6. The Morgan fingerprint density at radius 2 is 1.86 bits per heavy atom. The minimum absolute atomic E-state index is 0. The molecule has 2 fully saturated rings. The second-order valence-corrected chi connectivity index (χ2v) is 6.44. The van der Waals surface area contributed by atoms with Gasteiger partial charge in [0.15, 0.2) is 0 Å². The van der Waals surface area contributed by atoms with Crippen LogP contribution in [-0.2, 0) is 11.2 Å². The van der Waals surface area contributed by atoms with E-state index in [2.05, 4.69) is 5.32 Å². The number of hydrogen-bond acceptors (Lipinski definition) is 2. The monoisotopic (exact) mass is 326 g/mol. The largest absolute Gasteiger partial charge is 0.342 e. The van der Waals surface area contributed by atoms with Gasteiger partial charge in [-0.25, -0.2) is 4.39 Å². The summed E-state index contributed by atoms with van der Waals surface area (Å²) in [5.74, 6) is -0.142. The Balaban J connectivity index is 0.00000176. The number of carbonyl (C=O) groups excluding carboxylic acids is 1. The zero-order valence-electron chi connectivity index (χ0n) is 12.8. The van der Waals surface area contributed by atoms with Crippen molar-refractivity contribution in [2.75, 3.05) is 26.2 Å². The third-order valence-electron chi connectivity index (χ3n) is 5.09. The van der Waals surface area contributed by atoms with Crippen LogP contribution in [0.1, 0.15) is 31.2 Å². The predicted molar refractivity (Wildman–Crippen MR) is 87.7 cm³/mol. The van der Waals surface area contributed by atoms with Gasteiger partial charge in [-0.3, -0.25) is 4.79 Å². The van der Waals surface area contributed by atoms with Crippen molar-refractivity contribution in [3.63, 3.8) is 0 Å². The Morgan fingerprint density at radius 3 is 2.50 bits per heavy atom. The number of nitrogens with zero attached hydrogens (tertiary/aromatic N) is 1. The summed E-state index contributed by atoms with van der Waals surface area (Å²) < 4.78 is 13.2. The highest BCUT2D eigenvalue weighted by Gasteiger charge is 2.36. The number of likely N-dealkylation sites (tertiary alicyclic amines) is 1. The summed E-state index contributed by atoms with van der Waals surface area (Å²) in [5.41, 5.74) is 1.23. The van der Waals surface area contributed by atoms with E-state index in [4.69, 9.17) is 0 Å². The maximum absolute atomic E-state index is 13.2. The number of carbonyl (C=O) groups is 1. The van der Waals surface area contributed by atoms with E-state index in [-0.39, 0.29) is 24.1 Å². The number of halogens is 2. The molecular weight excluding hydrogens is 303 g/mol. The van der Waals surface area contributed by atoms with Crippen molar-refractivity contribution in [3.05, 3.63) is 35.6 Å². The van der Waals surface area contributed by atoms with E-state index >= 15 is 0 Å². The SMILES string of the molecule is Cl.O=C(Cc1cccc(F)c1)N1CCC2(CCNCC2)CC1. The van der Waals surface area contributed by atoms with Crippen LogP contribution in [0, 0.1) is 11.2 Å². The molecule has 1 spiro atoms. The van der Waals surface area contributed by atoms with E-state index in [1.54, 1.807) is 6.07 Å². The molecule has 0 radical (unpaired) electrons. The first kappa shape index (κ1) is 17.2.